The van der Waals surface area contributed by atoms with Crippen LogP contribution in [0.2, 0.25) is 0 Å². The zero-order chi connectivity index (χ0) is 15.4. The molecule has 0 aliphatic carbocycles. The van der Waals surface area contributed by atoms with E-state index >= 15 is 0 Å². The van der Waals surface area contributed by atoms with Gasteiger partial charge in [-0.05, 0) is 42.8 Å². The standard InChI is InChI=1S/C16H17N3O2/c1-10-4-3-5-13(14(10)17)16(21)19-12-8-6-11(7-9-12)15(20)18-2/h3-9H,17H2,1-2H3,(H,18,20)(H,19,21). The molecule has 0 atom stereocenters. The van der Waals surface area contributed by atoms with Gasteiger partial charge in [0.1, 0.15) is 0 Å². The van der Waals surface area contributed by atoms with E-state index in [1.54, 1.807) is 43.4 Å². The van der Waals surface area contributed by atoms with E-state index in [2.05, 4.69) is 10.6 Å². The molecule has 0 radical (unpaired) electrons. The van der Waals surface area contributed by atoms with Gasteiger partial charge in [-0.15, -0.1) is 0 Å². The van der Waals surface area contributed by atoms with Crippen molar-refractivity contribution < 1.29 is 9.59 Å². The molecule has 0 fully saturated rings. The van der Waals surface area contributed by atoms with Crippen LogP contribution in [0.25, 0.3) is 0 Å². The van der Waals surface area contributed by atoms with Crippen LogP contribution in [0.3, 0.4) is 0 Å². The Morgan fingerprint density at radius 1 is 1.00 bits per heavy atom. The second kappa shape index (κ2) is 6.09. The van der Waals surface area contributed by atoms with Crippen LogP contribution in [0.1, 0.15) is 26.3 Å². The molecule has 5 heteroatoms. The number of benzene rings is 2. The lowest BCUT2D eigenvalue weighted by Gasteiger charge is -2.09. The van der Waals surface area contributed by atoms with Gasteiger partial charge in [-0.2, -0.15) is 0 Å². The van der Waals surface area contributed by atoms with Gasteiger partial charge in [0.05, 0.1) is 5.56 Å². The summed E-state index contributed by atoms with van der Waals surface area (Å²) in [4.78, 5) is 23.6. The molecule has 21 heavy (non-hydrogen) atoms. The highest BCUT2D eigenvalue weighted by Gasteiger charge is 2.11. The molecule has 2 amide bonds. The third kappa shape index (κ3) is 3.20. The molecular formula is C16H17N3O2. The predicted octanol–water partition coefficient (Wildman–Crippen LogP) is 2.19. The lowest BCUT2D eigenvalue weighted by atomic mass is 10.1. The Morgan fingerprint density at radius 2 is 1.67 bits per heavy atom. The van der Waals surface area contributed by atoms with Crippen molar-refractivity contribution in [1.82, 2.24) is 5.32 Å². The van der Waals surface area contributed by atoms with Crippen LogP contribution in [0.15, 0.2) is 42.5 Å². The summed E-state index contributed by atoms with van der Waals surface area (Å²) in [6.45, 7) is 1.85. The maximum Gasteiger partial charge on any atom is 0.257 e. The third-order valence-electron chi connectivity index (χ3n) is 3.20. The minimum Gasteiger partial charge on any atom is -0.398 e. The van der Waals surface area contributed by atoms with Gasteiger partial charge < -0.3 is 16.4 Å². The van der Waals surface area contributed by atoms with Crippen molar-refractivity contribution in [2.75, 3.05) is 18.1 Å². The molecule has 2 aromatic rings. The Hall–Kier alpha value is -2.82. The van der Waals surface area contributed by atoms with Crippen LogP contribution in [-0.2, 0) is 0 Å². The van der Waals surface area contributed by atoms with Crippen molar-refractivity contribution in [1.29, 1.82) is 0 Å². The second-order valence-corrected chi connectivity index (χ2v) is 4.65. The Morgan fingerprint density at radius 3 is 2.29 bits per heavy atom. The zero-order valence-electron chi connectivity index (χ0n) is 11.9. The van der Waals surface area contributed by atoms with Gasteiger partial charge in [0, 0.05) is 24.0 Å². The second-order valence-electron chi connectivity index (χ2n) is 4.65. The van der Waals surface area contributed by atoms with E-state index in [4.69, 9.17) is 5.73 Å². The number of rotatable bonds is 3. The fraction of sp³-hybridized carbons (Fsp3) is 0.125. The fourth-order valence-corrected chi connectivity index (χ4v) is 1.93. The Bertz CT molecular complexity index is 678. The number of aryl methyl sites for hydroxylation is 1. The summed E-state index contributed by atoms with van der Waals surface area (Å²) in [6, 6.07) is 12.0. The molecule has 2 aromatic carbocycles. The van der Waals surface area contributed by atoms with Gasteiger partial charge in [-0.1, -0.05) is 12.1 Å². The topological polar surface area (TPSA) is 84.2 Å². The van der Waals surface area contributed by atoms with E-state index in [1.165, 1.54) is 0 Å². The van der Waals surface area contributed by atoms with Crippen LogP contribution in [0.4, 0.5) is 11.4 Å². The first-order chi connectivity index (χ1) is 10.0. The highest BCUT2D eigenvalue weighted by molar-refractivity contribution is 6.08. The quantitative estimate of drug-likeness (QED) is 0.755. The number of hydrogen-bond donors (Lipinski definition) is 3. The van der Waals surface area contributed by atoms with E-state index in [9.17, 15) is 9.59 Å². The Kier molecular flexibility index (Phi) is 4.23. The summed E-state index contributed by atoms with van der Waals surface area (Å²) in [5.74, 6) is -0.445. The lowest BCUT2D eigenvalue weighted by molar-refractivity contribution is 0.0962. The van der Waals surface area contributed by atoms with Crippen molar-refractivity contribution in [3.05, 3.63) is 59.2 Å². The molecule has 4 N–H and O–H groups in total. The van der Waals surface area contributed by atoms with Crippen molar-refractivity contribution in [3.63, 3.8) is 0 Å². The molecule has 0 spiro atoms. The van der Waals surface area contributed by atoms with E-state index < -0.39 is 0 Å². The van der Waals surface area contributed by atoms with Gasteiger partial charge >= 0.3 is 0 Å². The highest BCUT2D eigenvalue weighted by Crippen LogP contribution is 2.18. The monoisotopic (exact) mass is 283 g/mol. The molecule has 0 aliphatic rings. The number of carbonyl (C=O) groups excluding carboxylic acids is 2. The number of amides is 2. The smallest absolute Gasteiger partial charge is 0.257 e. The van der Waals surface area contributed by atoms with E-state index in [-0.39, 0.29) is 11.8 Å². The van der Waals surface area contributed by atoms with Gasteiger partial charge in [-0.25, -0.2) is 0 Å². The van der Waals surface area contributed by atoms with Gasteiger partial charge in [-0.3, -0.25) is 9.59 Å². The maximum absolute atomic E-state index is 12.2. The molecule has 0 aliphatic heterocycles. The molecular weight excluding hydrogens is 266 g/mol. The van der Waals surface area contributed by atoms with Crippen molar-refractivity contribution >= 4 is 23.2 Å². The van der Waals surface area contributed by atoms with Gasteiger partial charge in [0.25, 0.3) is 11.8 Å². The SMILES string of the molecule is CNC(=O)c1ccc(NC(=O)c2cccc(C)c2N)cc1. The van der Waals surface area contributed by atoms with Crippen LogP contribution in [0, 0.1) is 6.92 Å². The summed E-state index contributed by atoms with van der Waals surface area (Å²) in [5.41, 5.74) is 8.81. The van der Waals surface area contributed by atoms with Crippen LogP contribution >= 0.6 is 0 Å². The molecule has 0 bridgehead atoms. The molecule has 0 heterocycles. The molecule has 0 saturated carbocycles. The van der Waals surface area contributed by atoms with Crippen LogP contribution in [-0.4, -0.2) is 18.9 Å². The highest BCUT2D eigenvalue weighted by atomic mass is 16.2. The van der Waals surface area contributed by atoms with Crippen LogP contribution < -0.4 is 16.4 Å². The van der Waals surface area contributed by atoms with Crippen LogP contribution in [0.5, 0.6) is 0 Å². The molecule has 0 saturated heterocycles. The molecule has 5 nitrogen and oxygen atoms in total. The summed E-state index contributed by atoms with van der Waals surface area (Å²) in [6.07, 6.45) is 0. The molecule has 0 aromatic heterocycles. The summed E-state index contributed by atoms with van der Waals surface area (Å²) in [5, 5.41) is 5.30. The van der Waals surface area contributed by atoms with E-state index in [0.29, 0.717) is 22.5 Å². The molecule has 2 rings (SSSR count). The first kappa shape index (κ1) is 14.6. The zero-order valence-corrected chi connectivity index (χ0v) is 11.9. The fourth-order valence-electron chi connectivity index (χ4n) is 1.93. The first-order valence-corrected chi connectivity index (χ1v) is 6.51. The predicted molar refractivity (Wildman–Crippen MR) is 83.4 cm³/mol. The number of hydrogen-bond acceptors (Lipinski definition) is 3. The summed E-state index contributed by atoms with van der Waals surface area (Å²) >= 11 is 0. The lowest BCUT2D eigenvalue weighted by Crippen LogP contribution is -2.18. The third-order valence-corrected chi connectivity index (χ3v) is 3.20. The van der Waals surface area contributed by atoms with Crippen molar-refractivity contribution in [3.8, 4) is 0 Å². The first-order valence-electron chi connectivity index (χ1n) is 6.51. The molecule has 108 valence electrons. The minimum atomic E-state index is -0.274. The number of anilines is 2. The van der Waals surface area contributed by atoms with E-state index in [0.717, 1.165) is 5.56 Å². The minimum absolute atomic E-state index is 0.171. The number of nitrogen functional groups attached to an aromatic ring is 1. The average Bonchev–Trinajstić information content (AvgIpc) is 2.50. The van der Waals surface area contributed by atoms with Gasteiger partial charge in [0.15, 0.2) is 0 Å². The summed E-state index contributed by atoms with van der Waals surface area (Å²) < 4.78 is 0. The molecule has 0 unspecified atom stereocenters. The number of para-hydroxylation sites is 1. The Balaban J connectivity index is 2.16. The van der Waals surface area contributed by atoms with Crippen molar-refractivity contribution in [2.24, 2.45) is 0 Å². The maximum atomic E-state index is 12.2. The largest absolute Gasteiger partial charge is 0.398 e. The number of nitrogens with two attached hydrogens (primary N) is 1. The van der Waals surface area contributed by atoms with E-state index in [1.807, 2.05) is 13.0 Å². The summed E-state index contributed by atoms with van der Waals surface area (Å²) in [7, 11) is 1.57. The number of carbonyl (C=O) groups is 2. The van der Waals surface area contributed by atoms with Gasteiger partial charge in [0.2, 0.25) is 0 Å². The van der Waals surface area contributed by atoms with Crippen molar-refractivity contribution in [2.45, 2.75) is 6.92 Å². The average molecular weight is 283 g/mol. The normalized spacial score (nSPS) is 10.0. The number of nitrogens with one attached hydrogen (secondary N) is 2. The Labute approximate surface area is 123 Å².